The van der Waals surface area contributed by atoms with E-state index in [0.29, 0.717) is 51.5 Å². The Labute approximate surface area is 145 Å². The predicted molar refractivity (Wildman–Crippen MR) is 91.7 cm³/mol. The van der Waals surface area contributed by atoms with E-state index in [4.69, 9.17) is 15.2 Å². The molecule has 2 heterocycles. The molecule has 0 aromatic heterocycles. The maximum Gasteiger partial charge on any atom is 0.279 e. The summed E-state index contributed by atoms with van der Waals surface area (Å²) in [6, 6.07) is 0. The second-order valence-electron chi connectivity index (χ2n) is 6.98. The molecule has 1 unspecified atom stereocenters. The molecule has 23 heavy (non-hydrogen) atoms. The average molecular weight is 372 g/mol. The zero-order valence-corrected chi connectivity index (χ0v) is 15.8. The van der Waals surface area contributed by atoms with Crippen LogP contribution < -0.4 is 10.5 Å². The highest BCUT2D eigenvalue weighted by atomic mass is 35.5. The van der Waals surface area contributed by atoms with Crippen molar-refractivity contribution in [3.05, 3.63) is 0 Å². The molecule has 7 nitrogen and oxygen atoms in total. The topological polar surface area (TPSA) is 93.9 Å². The fourth-order valence-electron chi connectivity index (χ4n) is 3.30. The van der Waals surface area contributed by atoms with Crippen LogP contribution in [0.15, 0.2) is 0 Å². The van der Waals surface area contributed by atoms with E-state index in [9.17, 15) is 8.42 Å². The van der Waals surface area contributed by atoms with E-state index in [-0.39, 0.29) is 19.0 Å². The lowest BCUT2D eigenvalue weighted by Gasteiger charge is -2.39. The van der Waals surface area contributed by atoms with Crippen LogP contribution in [0.1, 0.15) is 40.0 Å². The number of nitrogens with one attached hydrogen (secondary N) is 1. The van der Waals surface area contributed by atoms with Gasteiger partial charge in [0.2, 0.25) is 0 Å². The Morgan fingerprint density at radius 2 is 1.78 bits per heavy atom. The SMILES string of the molecule is CC(C)CC(C)(CN)NS(=O)(=O)N1CCC2(CC1)OCCO2.Cl. The summed E-state index contributed by atoms with van der Waals surface area (Å²) in [5.74, 6) is -0.206. The van der Waals surface area contributed by atoms with Crippen LogP contribution in [0.5, 0.6) is 0 Å². The van der Waals surface area contributed by atoms with E-state index in [1.54, 1.807) is 0 Å². The molecule has 0 radical (unpaired) electrons. The third-order valence-corrected chi connectivity index (χ3v) is 6.12. The molecule has 0 aromatic carbocycles. The minimum atomic E-state index is -3.55. The van der Waals surface area contributed by atoms with Crippen LogP contribution >= 0.6 is 12.4 Å². The zero-order chi connectivity index (χ0) is 16.4. The van der Waals surface area contributed by atoms with E-state index in [2.05, 4.69) is 18.6 Å². The molecule has 0 saturated carbocycles. The second-order valence-corrected chi connectivity index (χ2v) is 8.65. The molecule has 2 fully saturated rings. The van der Waals surface area contributed by atoms with E-state index in [1.807, 2.05) is 6.92 Å². The molecule has 0 aliphatic carbocycles. The molecule has 2 aliphatic rings. The molecule has 1 atom stereocenters. The Morgan fingerprint density at radius 3 is 2.22 bits per heavy atom. The number of piperidine rings is 1. The highest BCUT2D eigenvalue weighted by Gasteiger charge is 2.43. The first kappa shape index (κ1) is 21.1. The molecule has 0 amide bonds. The molecule has 2 rings (SSSR count). The lowest BCUT2D eigenvalue weighted by atomic mass is 9.92. The van der Waals surface area contributed by atoms with E-state index >= 15 is 0 Å². The van der Waals surface area contributed by atoms with Crippen LogP contribution in [0.2, 0.25) is 0 Å². The molecule has 0 aromatic rings. The first-order valence-corrected chi connectivity index (χ1v) is 9.41. The largest absolute Gasteiger partial charge is 0.347 e. The highest BCUT2D eigenvalue weighted by molar-refractivity contribution is 7.87. The summed E-state index contributed by atoms with van der Waals surface area (Å²) in [7, 11) is -3.55. The quantitative estimate of drug-likeness (QED) is 0.721. The number of hydrogen-bond acceptors (Lipinski definition) is 5. The fourth-order valence-corrected chi connectivity index (χ4v) is 4.88. The maximum atomic E-state index is 12.6. The van der Waals surface area contributed by atoms with E-state index < -0.39 is 21.5 Å². The van der Waals surface area contributed by atoms with Gasteiger partial charge in [0, 0.05) is 38.0 Å². The molecule has 138 valence electrons. The fraction of sp³-hybridized carbons (Fsp3) is 1.00. The number of ether oxygens (including phenoxy) is 2. The Bertz CT molecular complexity index is 472. The van der Waals surface area contributed by atoms with Crippen molar-refractivity contribution in [2.45, 2.75) is 51.4 Å². The Morgan fingerprint density at radius 1 is 1.26 bits per heavy atom. The Hall–Kier alpha value is 0.0400. The van der Waals surface area contributed by atoms with Gasteiger partial charge < -0.3 is 15.2 Å². The molecule has 2 aliphatic heterocycles. The van der Waals surface area contributed by atoms with Gasteiger partial charge in [0.1, 0.15) is 0 Å². The molecule has 0 bridgehead atoms. The summed E-state index contributed by atoms with van der Waals surface area (Å²) in [6.07, 6.45) is 1.83. The van der Waals surface area contributed by atoms with Crippen LogP contribution in [0, 0.1) is 5.92 Å². The lowest BCUT2D eigenvalue weighted by molar-refractivity contribution is -0.179. The van der Waals surface area contributed by atoms with E-state index in [0.717, 1.165) is 0 Å². The van der Waals surface area contributed by atoms with Crippen molar-refractivity contribution in [2.24, 2.45) is 11.7 Å². The lowest BCUT2D eigenvalue weighted by Crippen LogP contribution is -2.58. The van der Waals surface area contributed by atoms with Crippen LogP contribution in [0.25, 0.3) is 0 Å². The van der Waals surface area contributed by atoms with Crippen molar-refractivity contribution in [1.29, 1.82) is 0 Å². The Balaban J connectivity index is 0.00000264. The molecule has 3 N–H and O–H groups in total. The number of rotatable bonds is 6. The minimum absolute atomic E-state index is 0. The smallest absolute Gasteiger partial charge is 0.279 e. The van der Waals surface area contributed by atoms with Gasteiger partial charge in [-0.3, -0.25) is 0 Å². The van der Waals surface area contributed by atoms with Crippen molar-refractivity contribution >= 4 is 22.6 Å². The summed E-state index contributed by atoms with van der Waals surface area (Å²) < 4.78 is 40.8. The van der Waals surface area contributed by atoms with Gasteiger partial charge in [-0.1, -0.05) is 13.8 Å². The van der Waals surface area contributed by atoms with Crippen LogP contribution in [0.4, 0.5) is 0 Å². The van der Waals surface area contributed by atoms with Crippen molar-refractivity contribution in [1.82, 2.24) is 9.03 Å². The van der Waals surface area contributed by atoms with Crippen LogP contribution in [-0.2, 0) is 19.7 Å². The van der Waals surface area contributed by atoms with Gasteiger partial charge >= 0.3 is 0 Å². The summed E-state index contributed by atoms with van der Waals surface area (Å²) in [4.78, 5) is 0. The molecule has 9 heteroatoms. The highest BCUT2D eigenvalue weighted by Crippen LogP contribution is 2.32. The van der Waals surface area contributed by atoms with Gasteiger partial charge in [-0.15, -0.1) is 12.4 Å². The maximum absolute atomic E-state index is 12.6. The van der Waals surface area contributed by atoms with Gasteiger partial charge in [0.05, 0.1) is 13.2 Å². The molecular weight excluding hydrogens is 342 g/mol. The standard InChI is InChI=1S/C14H29N3O4S.ClH/c1-12(2)10-13(3,11-15)16-22(18,19)17-6-4-14(5-7-17)20-8-9-21-14;/h12,16H,4-11,15H2,1-3H3;1H. The number of nitrogens with zero attached hydrogens (tertiary/aromatic N) is 1. The summed E-state index contributed by atoms with van der Waals surface area (Å²) in [5.41, 5.74) is 5.18. The first-order valence-electron chi connectivity index (χ1n) is 7.97. The third kappa shape index (κ3) is 5.26. The molecule has 1 spiro atoms. The number of nitrogens with two attached hydrogens (primary N) is 1. The summed E-state index contributed by atoms with van der Waals surface area (Å²) in [6.45, 7) is 8.22. The summed E-state index contributed by atoms with van der Waals surface area (Å²) >= 11 is 0. The number of hydrogen-bond donors (Lipinski definition) is 2. The van der Waals surface area contributed by atoms with Crippen molar-refractivity contribution in [3.63, 3.8) is 0 Å². The van der Waals surface area contributed by atoms with Gasteiger partial charge in [-0.2, -0.15) is 17.4 Å². The average Bonchev–Trinajstić information content (AvgIpc) is 2.86. The predicted octanol–water partition coefficient (Wildman–Crippen LogP) is 0.845. The molecular formula is C14H30ClN3O4S. The van der Waals surface area contributed by atoms with Gasteiger partial charge in [0.15, 0.2) is 5.79 Å². The van der Waals surface area contributed by atoms with Crippen molar-refractivity contribution < 1.29 is 17.9 Å². The van der Waals surface area contributed by atoms with Crippen LogP contribution in [-0.4, -0.2) is 56.9 Å². The monoisotopic (exact) mass is 371 g/mol. The first-order chi connectivity index (χ1) is 10.2. The summed E-state index contributed by atoms with van der Waals surface area (Å²) in [5, 5.41) is 0. The van der Waals surface area contributed by atoms with Gasteiger partial charge in [0.25, 0.3) is 10.2 Å². The number of halogens is 1. The van der Waals surface area contributed by atoms with Crippen LogP contribution in [0.3, 0.4) is 0 Å². The zero-order valence-electron chi connectivity index (χ0n) is 14.2. The minimum Gasteiger partial charge on any atom is -0.347 e. The third-order valence-electron chi connectivity index (χ3n) is 4.32. The normalized spacial score (nSPS) is 24.6. The van der Waals surface area contributed by atoms with Crippen molar-refractivity contribution in [2.75, 3.05) is 32.8 Å². The van der Waals surface area contributed by atoms with Crippen molar-refractivity contribution in [3.8, 4) is 0 Å². The second kappa shape index (κ2) is 7.95. The van der Waals surface area contributed by atoms with E-state index in [1.165, 1.54) is 4.31 Å². The van der Waals surface area contributed by atoms with Gasteiger partial charge in [-0.25, -0.2) is 0 Å². The van der Waals surface area contributed by atoms with Gasteiger partial charge in [-0.05, 0) is 19.3 Å². The Kier molecular flexibility index (Phi) is 7.28. The molecule has 2 saturated heterocycles.